The van der Waals surface area contributed by atoms with E-state index in [0.717, 1.165) is 10.0 Å². The Hall–Kier alpha value is -5.16. The topological polar surface area (TPSA) is 144 Å². The van der Waals surface area contributed by atoms with Gasteiger partial charge in [0.2, 0.25) is 0 Å². The SMILES string of the molecule is O=C(CN(C(=O)c1ccc(Cl)cc1)N1C(=O)[C@@H]2[C@H](C1=O)[C@H]1C=C[C@H]2C1)c1ccc(OC(=O)c2ccc([N+](=O)[O-])cc2)cc1. The second kappa shape index (κ2) is 10.9. The first kappa shape index (κ1) is 28.0. The number of nitro groups is 1. The molecule has 2 aliphatic carbocycles. The molecule has 11 nitrogen and oxygen atoms in total. The smallest absolute Gasteiger partial charge is 0.343 e. The second-order valence-electron chi connectivity index (χ2n) is 10.5. The third kappa shape index (κ3) is 5.08. The van der Waals surface area contributed by atoms with Crippen molar-refractivity contribution in [1.82, 2.24) is 10.0 Å². The van der Waals surface area contributed by atoms with Gasteiger partial charge < -0.3 is 4.74 Å². The van der Waals surface area contributed by atoms with E-state index in [-0.39, 0.29) is 40.0 Å². The number of hydrogen-bond acceptors (Lipinski definition) is 8. The molecule has 1 aliphatic heterocycles. The summed E-state index contributed by atoms with van der Waals surface area (Å²) < 4.78 is 5.30. The number of carbonyl (C=O) groups excluding carboxylic acids is 5. The maximum atomic E-state index is 13.6. The molecular weight excluding hydrogens is 578 g/mol. The summed E-state index contributed by atoms with van der Waals surface area (Å²) in [7, 11) is 0. The van der Waals surface area contributed by atoms with Crippen LogP contribution in [0.2, 0.25) is 5.02 Å². The Bertz CT molecular complexity index is 1670. The van der Waals surface area contributed by atoms with Crippen molar-refractivity contribution >= 4 is 46.8 Å². The Morgan fingerprint density at radius 3 is 1.93 bits per heavy atom. The van der Waals surface area contributed by atoms with Gasteiger partial charge in [0.25, 0.3) is 23.4 Å². The van der Waals surface area contributed by atoms with E-state index in [4.69, 9.17) is 16.3 Å². The molecule has 1 saturated heterocycles. The van der Waals surface area contributed by atoms with Gasteiger partial charge in [0.15, 0.2) is 5.78 Å². The van der Waals surface area contributed by atoms with Crippen molar-refractivity contribution in [1.29, 1.82) is 0 Å². The van der Waals surface area contributed by atoms with Crippen LogP contribution in [0.15, 0.2) is 84.9 Å². The maximum Gasteiger partial charge on any atom is 0.343 e. The third-order valence-electron chi connectivity index (χ3n) is 8.01. The van der Waals surface area contributed by atoms with Crippen LogP contribution in [0.1, 0.15) is 37.5 Å². The molecule has 0 spiro atoms. The van der Waals surface area contributed by atoms with Gasteiger partial charge in [-0.05, 0) is 78.9 Å². The highest BCUT2D eigenvalue weighted by Crippen LogP contribution is 2.52. The fraction of sp³-hybridized carbons (Fsp3) is 0.194. The highest BCUT2D eigenvalue weighted by atomic mass is 35.5. The number of imide groups is 1. The summed E-state index contributed by atoms with van der Waals surface area (Å²) in [4.78, 5) is 76.8. The summed E-state index contributed by atoms with van der Waals surface area (Å²) in [6, 6.07) is 16.3. The van der Waals surface area contributed by atoms with Gasteiger partial charge in [-0.15, -0.1) is 0 Å². The van der Waals surface area contributed by atoms with E-state index in [1.54, 1.807) is 0 Å². The molecule has 12 heteroatoms. The number of esters is 1. The van der Waals surface area contributed by atoms with Crippen molar-refractivity contribution in [2.75, 3.05) is 6.54 Å². The van der Waals surface area contributed by atoms with E-state index in [1.165, 1.54) is 72.8 Å². The van der Waals surface area contributed by atoms with Crippen molar-refractivity contribution in [3.8, 4) is 5.75 Å². The fourth-order valence-electron chi connectivity index (χ4n) is 5.92. The van der Waals surface area contributed by atoms with Gasteiger partial charge in [-0.25, -0.2) is 9.80 Å². The van der Waals surface area contributed by atoms with Crippen LogP contribution < -0.4 is 4.74 Å². The summed E-state index contributed by atoms with van der Waals surface area (Å²) >= 11 is 5.97. The quantitative estimate of drug-likeness (QED) is 0.0699. The number of Topliss-reactive ketones (excluding diaryl/α,β-unsaturated/α-hetero) is 1. The van der Waals surface area contributed by atoms with Crippen molar-refractivity contribution < 1.29 is 33.6 Å². The zero-order valence-electron chi connectivity index (χ0n) is 22.3. The lowest BCUT2D eigenvalue weighted by molar-refractivity contribution is -0.384. The molecule has 6 rings (SSSR count). The second-order valence-corrected chi connectivity index (χ2v) is 10.9. The number of rotatable bonds is 8. The number of hydrogen-bond donors (Lipinski definition) is 0. The molecule has 3 aromatic carbocycles. The molecule has 0 unspecified atom stereocenters. The summed E-state index contributed by atoms with van der Waals surface area (Å²) in [5.41, 5.74) is 0.206. The molecule has 3 aromatic rings. The lowest BCUT2D eigenvalue weighted by Crippen LogP contribution is -2.52. The van der Waals surface area contributed by atoms with Crippen molar-refractivity contribution in [3.05, 3.63) is 117 Å². The van der Waals surface area contributed by atoms with Crippen LogP contribution in [0, 0.1) is 33.8 Å². The number of nitrogens with zero attached hydrogens (tertiary/aromatic N) is 3. The Morgan fingerprint density at radius 1 is 0.837 bits per heavy atom. The normalized spacial score (nSPS) is 21.6. The zero-order valence-corrected chi connectivity index (χ0v) is 23.0. The number of amides is 3. The van der Waals surface area contributed by atoms with Crippen LogP contribution in [-0.4, -0.2) is 51.0 Å². The molecule has 4 atom stereocenters. The van der Waals surface area contributed by atoms with Gasteiger partial charge in [-0.2, -0.15) is 5.01 Å². The van der Waals surface area contributed by atoms with Crippen LogP contribution in [0.4, 0.5) is 5.69 Å². The molecule has 2 bridgehead atoms. The molecule has 0 N–H and O–H groups in total. The first-order valence-corrected chi connectivity index (χ1v) is 13.7. The average Bonchev–Trinajstić information content (AvgIpc) is 3.70. The molecule has 1 heterocycles. The number of ether oxygens (including phenoxy) is 1. The van der Waals surface area contributed by atoms with Gasteiger partial charge >= 0.3 is 5.97 Å². The highest BCUT2D eigenvalue weighted by molar-refractivity contribution is 6.30. The lowest BCUT2D eigenvalue weighted by Gasteiger charge is -2.30. The number of benzene rings is 3. The maximum absolute atomic E-state index is 13.6. The van der Waals surface area contributed by atoms with Gasteiger partial charge in [0.05, 0.1) is 22.3 Å². The number of non-ortho nitro benzene ring substituents is 1. The summed E-state index contributed by atoms with van der Waals surface area (Å²) in [5, 5.41) is 12.9. The fourth-order valence-corrected chi connectivity index (χ4v) is 6.05. The molecule has 3 aliphatic rings. The van der Waals surface area contributed by atoms with Crippen molar-refractivity contribution in [3.63, 3.8) is 0 Å². The summed E-state index contributed by atoms with van der Waals surface area (Å²) in [6.07, 6.45) is 4.59. The molecular formula is C31H22ClN3O8. The number of carbonyl (C=O) groups is 5. The molecule has 1 saturated carbocycles. The number of fused-ring (bicyclic) bond motifs is 5. The van der Waals surface area contributed by atoms with E-state index >= 15 is 0 Å². The van der Waals surface area contributed by atoms with Crippen LogP contribution >= 0.6 is 11.6 Å². The van der Waals surface area contributed by atoms with Gasteiger partial charge in [0, 0.05) is 28.3 Å². The van der Waals surface area contributed by atoms with Crippen LogP contribution in [0.25, 0.3) is 0 Å². The standard InChI is InChI=1S/C31H22ClN3O8/c32-22-9-3-18(4-10-22)28(37)33(34-29(38)26-20-1-2-21(15-20)27(26)30(34)39)16-25(36)17-7-13-24(14-8-17)43-31(40)19-5-11-23(12-6-19)35(41)42/h1-14,20-21,26-27H,15-16H2/t20-,21-,26-,27+/m0/s1. The number of halogens is 1. The molecule has 0 aromatic heterocycles. The zero-order chi connectivity index (χ0) is 30.4. The highest BCUT2D eigenvalue weighted by Gasteiger charge is 2.61. The minimum atomic E-state index is -0.756. The predicted octanol–water partition coefficient (Wildman–Crippen LogP) is 4.51. The third-order valence-corrected chi connectivity index (χ3v) is 8.26. The Morgan fingerprint density at radius 2 is 1.37 bits per heavy atom. The Balaban J connectivity index is 1.21. The van der Waals surface area contributed by atoms with Crippen LogP contribution in [0.5, 0.6) is 5.75 Å². The lowest BCUT2D eigenvalue weighted by atomic mass is 9.85. The van der Waals surface area contributed by atoms with Gasteiger partial charge in [0.1, 0.15) is 12.3 Å². The molecule has 3 amide bonds. The van der Waals surface area contributed by atoms with E-state index in [0.29, 0.717) is 11.4 Å². The van der Waals surface area contributed by atoms with Crippen molar-refractivity contribution in [2.24, 2.45) is 23.7 Å². The minimum Gasteiger partial charge on any atom is -0.423 e. The van der Waals surface area contributed by atoms with E-state index in [2.05, 4.69) is 0 Å². The summed E-state index contributed by atoms with van der Waals surface area (Å²) in [5.74, 6) is -4.23. The first-order chi connectivity index (χ1) is 20.6. The largest absolute Gasteiger partial charge is 0.423 e. The number of ketones is 1. The first-order valence-electron chi connectivity index (χ1n) is 13.4. The van der Waals surface area contributed by atoms with E-state index in [1.807, 2.05) is 12.2 Å². The minimum absolute atomic E-state index is 0.0825. The van der Waals surface area contributed by atoms with Gasteiger partial charge in [-0.1, -0.05) is 23.8 Å². The van der Waals surface area contributed by atoms with E-state index in [9.17, 15) is 34.1 Å². The average molecular weight is 600 g/mol. The summed E-state index contributed by atoms with van der Waals surface area (Å²) in [6.45, 7) is -0.594. The predicted molar refractivity (Wildman–Crippen MR) is 151 cm³/mol. The molecule has 43 heavy (non-hydrogen) atoms. The monoisotopic (exact) mass is 599 g/mol. The van der Waals surface area contributed by atoms with Crippen molar-refractivity contribution in [2.45, 2.75) is 6.42 Å². The Kier molecular flexibility index (Phi) is 7.10. The van der Waals surface area contributed by atoms with Crippen LogP contribution in [0.3, 0.4) is 0 Å². The number of nitro benzene ring substituents is 1. The molecule has 216 valence electrons. The number of allylic oxidation sites excluding steroid dienone is 2. The van der Waals surface area contributed by atoms with E-state index < -0.39 is 52.8 Å². The Labute approximate surface area is 249 Å². The molecule has 0 radical (unpaired) electrons. The van der Waals surface area contributed by atoms with Gasteiger partial charge in [-0.3, -0.25) is 29.3 Å². The van der Waals surface area contributed by atoms with Crippen LogP contribution in [-0.2, 0) is 9.59 Å². The number of hydrazine groups is 1. The molecule has 2 fully saturated rings.